The number of fused-ring (bicyclic) bond motifs is 3. The summed E-state index contributed by atoms with van der Waals surface area (Å²) < 4.78 is 6.55. The minimum atomic E-state index is -2.92. The van der Waals surface area contributed by atoms with Gasteiger partial charge in [0.25, 0.3) is 0 Å². The number of phenolic OH excluding ortho intramolecular Hbond substituents is 1. The topological polar surface area (TPSA) is 72.0 Å². The van der Waals surface area contributed by atoms with E-state index in [-0.39, 0.29) is 16.6 Å². The number of benzene rings is 5. The second-order valence-corrected chi connectivity index (χ2v) is 19.6. The smallest absolute Gasteiger partial charge is 0.201 e. The molecule has 0 radical (unpaired) electrons. The van der Waals surface area contributed by atoms with Gasteiger partial charge >= 0.3 is 0 Å². The monoisotopic (exact) mass is 709 g/mol. The van der Waals surface area contributed by atoms with Crippen LogP contribution in [0.25, 0.3) is 44.7 Å². The number of rotatable bonds is 6. The van der Waals surface area contributed by atoms with E-state index in [0.717, 1.165) is 33.0 Å². The fourth-order valence-corrected chi connectivity index (χ4v) is 12.1. The summed E-state index contributed by atoms with van der Waals surface area (Å²) in [5.74, 6) is 0.768. The summed E-state index contributed by atoms with van der Waals surface area (Å²) in [5, 5.41) is 17.7. The first-order valence-electron chi connectivity index (χ1n) is 18.2. The summed E-state index contributed by atoms with van der Waals surface area (Å²) in [7, 11) is -2.92. The van der Waals surface area contributed by atoms with Gasteiger partial charge in [-0.2, -0.15) is 0 Å². The molecule has 3 heterocycles. The van der Waals surface area contributed by atoms with E-state index in [1.807, 2.05) is 36.5 Å². The highest BCUT2D eigenvalue weighted by Gasteiger charge is 2.43. The van der Waals surface area contributed by atoms with Crippen molar-refractivity contribution in [1.82, 2.24) is 15.0 Å². The van der Waals surface area contributed by atoms with E-state index >= 15 is 0 Å². The molecule has 8 aromatic rings. The maximum Gasteiger partial charge on any atom is 0.201 e. The second kappa shape index (κ2) is 13.0. The van der Waals surface area contributed by atoms with Crippen LogP contribution in [0.4, 0.5) is 0 Å². The molecular weight excluding hydrogens is 667 g/mol. The van der Waals surface area contributed by atoms with Crippen LogP contribution in [0.2, 0.25) is 0 Å². The van der Waals surface area contributed by atoms with Gasteiger partial charge in [0.05, 0.1) is 0 Å². The maximum absolute atomic E-state index is 12.1. The molecule has 0 aliphatic rings. The Bertz CT molecular complexity index is 2490. The molecule has 8 rings (SSSR count). The van der Waals surface area contributed by atoms with Crippen LogP contribution >= 0.6 is 0 Å². The van der Waals surface area contributed by atoms with Crippen LogP contribution in [0.5, 0.6) is 5.75 Å². The fraction of sp³-hybridized carbons (Fsp3) is 0.170. The predicted octanol–water partition coefficient (Wildman–Crippen LogP) is 8.78. The van der Waals surface area contributed by atoms with Crippen molar-refractivity contribution in [3.63, 3.8) is 0 Å². The molecule has 0 aliphatic heterocycles. The van der Waals surface area contributed by atoms with Crippen molar-refractivity contribution < 1.29 is 9.52 Å². The number of aromatic nitrogens is 3. The van der Waals surface area contributed by atoms with E-state index in [9.17, 15) is 5.11 Å². The fourth-order valence-electron chi connectivity index (χ4n) is 7.52. The minimum Gasteiger partial charge on any atom is -0.507 e. The Kier molecular flexibility index (Phi) is 8.38. The van der Waals surface area contributed by atoms with Gasteiger partial charge in [0.15, 0.2) is 11.4 Å². The molecule has 53 heavy (non-hydrogen) atoms. The highest BCUT2D eigenvalue weighted by atomic mass is 28.3. The number of hydrogen-bond acceptors (Lipinski definition) is 5. The molecule has 3 aromatic heterocycles. The largest absolute Gasteiger partial charge is 0.507 e. The van der Waals surface area contributed by atoms with Crippen molar-refractivity contribution in [2.75, 3.05) is 0 Å². The third-order valence-corrected chi connectivity index (χ3v) is 14.9. The molecule has 1 N–H and O–H groups in total. The van der Waals surface area contributed by atoms with Crippen LogP contribution in [0.15, 0.2) is 150 Å². The van der Waals surface area contributed by atoms with Crippen molar-refractivity contribution in [2.45, 2.75) is 52.4 Å². The summed E-state index contributed by atoms with van der Waals surface area (Å²) in [4.78, 5) is 15.6. The highest BCUT2D eigenvalue weighted by molar-refractivity contribution is 7.19. The molecule has 262 valence electrons. The highest BCUT2D eigenvalue weighted by Crippen LogP contribution is 2.44. The lowest BCUT2D eigenvalue weighted by Gasteiger charge is -2.33. The molecule has 5 nitrogen and oxygen atoms in total. The molecule has 6 heteroatoms. The van der Waals surface area contributed by atoms with Crippen LogP contribution in [0.3, 0.4) is 0 Å². The van der Waals surface area contributed by atoms with Gasteiger partial charge < -0.3 is 9.52 Å². The number of nitrogens with zero attached hydrogens (tertiary/aromatic N) is 3. The van der Waals surface area contributed by atoms with Gasteiger partial charge in [-0.1, -0.05) is 151 Å². The Hall–Kier alpha value is -5.85. The van der Waals surface area contributed by atoms with Crippen molar-refractivity contribution in [1.29, 1.82) is 0 Å². The van der Waals surface area contributed by atoms with E-state index in [1.165, 1.54) is 15.6 Å². The first-order chi connectivity index (χ1) is 25.5. The standard InChI is InChI=1S/C47H43N3O2Si/c1-46(2,3)32-29-37(43(51)38(30-32)47(4,5)6)42-44-41(36-24-13-14-25-39(36)52-44)49-45(50-42)31-18-17-23-35(28-31)53(33-19-9-7-10-20-33,34-21-11-8-12-22-34)40-26-15-16-27-48-40/h7-30,51H,1-6H3. The first-order valence-corrected chi connectivity index (χ1v) is 20.2. The third kappa shape index (κ3) is 5.93. The van der Waals surface area contributed by atoms with E-state index in [4.69, 9.17) is 19.4 Å². The van der Waals surface area contributed by atoms with Gasteiger partial charge in [0.1, 0.15) is 22.5 Å². The van der Waals surface area contributed by atoms with Gasteiger partial charge in [0, 0.05) is 33.6 Å². The van der Waals surface area contributed by atoms with Crippen molar-refractivity contribution in [3.8, 4) is 28.4 Å². The molecule has 0 saturated carbocycles. The van der Waals surface area contributed by atoms with Gasteiger partial charge in [0.2, 0.25) is 8.07 Å². The molecule has 0 spiro atoms. The van der Waals surface area contributed by atoms with Gasteiger partial charge in [-0.05, 0) is 62.3 Å². The van der Waals surface area contributed by atoms with Crippen LogP contribution in [0.1, 0.15) is 52.7 Å². The quantitative estimate of drug-likeness (QED) is 0.138. The summed E-state index contributed by atoms with van der Waals surface area (Å²) in [6.45, 7) is 13.0. The number of pyridine rings is 1. The van der Waals surface area contributed by atoms with Crippen molar-refractivity contribution in [3.05, 3.63) is 157 Å². The van der Waals surface area contributed by atoms with E-state index in [1.54, 1.807) is 0 Å². The van der Waals surface area contributed by atoms with E-state index in [2.05, 4.69) is 151 Å². The van der Waals surface area contributed by atoms with Crippen LogP contribution in [-0.4, -0.2) is 28.1 Å². The van der Waals surface area contributed by atoms with Gasteiger partial charge in [-0.15, -0.1) is 0 Å². The predicted molar refractivity (Wildman–Crippen MR) is 221 cm³/mol. The van der Waals surface area contributed by atoms with E-state index < -0.39 is 8.07 Å². The normalized spacial score (nSPS) is 12.4. The number of para-hydroxylation sites is 1. The van der Waals surface area contributed by atoms with Crippen molar-refractivity contribution in [2.24, 2.45) is 0 Å². The molecule has 0 amide bonds. The maximum atomic E-state index is 12.1. The van der Waals surface area contributed by atoms with Crippen LogP contribution in [-0.2, 0) is 10.8 Å². The summed E-state index contributed by atoms with van der Waals surface area (Å²) in [5.41, 5.74) is 5.55. The Labute approximate surface area is 312 Å². The average Bonchev–Trinajstić information content (AvgIpc) is 3.54. The zero-order chi connectivity index (χ0) is 37.0. The summed E-state index contributed by atoms with van der Waals surface area (Å²) >= 11 is 0. The molecule has 0 fully saturated rings. The minimum absolute atomic E-state index is 0.173. The lowest BCUT2D eigenvalue weighted by molar-refractivity contribution is 0.446. The van der Waals surface area contributed by atoms with Crippen LogP contribution < -0.4 is 20.9 Å². The Morgan fingerprint density at radius 2 is 1.25 bits per heavy atom. The zero-order valence-electron chi connectivity index (χ0n) is 31.1. The first kappa shape index (κ1) is 34.2. The van der Waals surface area contributed by atoms with E-state index in [0.29, 0.717) is 28.2 Å². The molecule has 0 saturated heterocycles. The molecule has 0 atom stereocenters. The molecule has 0 aliphatic carbocycles. The molecule has 5 aromatic carbocycles. The van der Waals surface area contributed by atoms with Crippen LogP contribution in [0, 0.1) is 0 Å². The van der Waals surface area contributed by atoms with Gasteiger partial charge in [-0.25, -0.2) is 9.97 Å². The number of phenols is 1. The Morgan fingerprint density at radius 1 is 0.604 bits per heavy atom. The lowest BCUT2D eigenvalue weighted by Crippen LogP contribution is -2.75. The number of aromatic hydroxyl groups is 1. The molecule has 0 unspecified atom stereocenters. The Morgan fingerprint density at radius 3 is 1.89 bits per heavy atom. The summed E-state index contributed by atoms with van der Waals surface area (Å²) in [6, 6.07) is 48.6. The second-order valence-electron chi connectivity index (χ2n) is 15.9. The summed E-state index contributed by atoms with van der Waals surface area (Å²) in [6.07, 6.45) is 1.89. The van der Waals surface area contributed by atoms with Gasteiger partial charge in [-0.3, -0.25) is 4.98 Å². The molecular formula is C47H43N3O2Si. The molecule has 0 bridgehead atoms. The van der Waals surface area contributed by atoms with Crippen molar-refractivity contribution >= 4 is 51.0 Å². The lowest BCUT2D eigenvalue weighted by atomic mass is 9.78. The Balaban J connectivity index is 1.44. The third-order valence-electron chi connectivity index (χ3n) is 10.3. The number of furan rings is 1. The number of hydrogen-bond donors (Lipinski definition) is 1. The SMILES string of the molecule is CC(C)(C)c1cc(-c2nc(-c3cccc([Si](c4ccccc4)(c4ccccc4)c4ccccn4)c3)nc3c2oc2ccccc23)c(O)c(C(C)(C)C)c1. The zero-order valence-corrected chi connectivity index (χ0v) is 32.1. The average molecular weight is 710 g/mol.